The van der Waals surface area contributed by atoms with Crippen molar-refractivity contribution >= 4 is 11.6 Å². The zero-order valence-corrected chi connectivity index (χ0v) is 11.1. The Morgan fingerprint density at radius 1 is 1.44 bits per heavy atom. The summed E-state index contributed by atoms with van der Waals surface area (Å²) in [6.07, 6.45) is 4.68. The summed E-state index contributed by atoms with van der Waals surface area (Å²) in [7, 11) is 0. The molecule has 1 N–H and O–H groups in total. The van der Waals surface area contributed by atoms with Gasteiger partial charge in [0.25, 0.3) is 0 Å². The van der Waals surface area contributed by atoms with Crippen molar-refractivity contribution in [3.05, 3.63) is 30.1 Å². The topological polar surface area (TPSA) is 24.9 Å². The summed E-state index contributed by atoms with van der Waals surface area (Å²) in [5.41, 5.74) is 1.49. The number of hydrogen-bond acceptors (Lipinski definition) is 2. The van der Waals surface area contributed by atoms with Crippen LogP contribution in [0.5, 0.6) is 0 Å². The van der Waals surface area contributed by atoms with E-state index in [0.717, 1.165) is 19.5 Å². The predicted molar refractivity (Wildman–Crippen MR) is 69.7 cm³/mol. The molecule has 1 unspecified atom stereocenters. The molecule has 1 aromatic rings. The summed E-state index contributed by atoms with van der Waals surface area (Å²) in [4.78, 5) is 4.07. The highest BCUT2D eigenvalue weighted by molar-refractivity contribution is 6.20. The molecule has 0 amide bonds. The van der Waals surface area contributed by atoms with Crippen LogP contribution in [-0.4, -0.2) is 16.9 Å². The van der Waals surface area contributed by atoms with Crippen LogP contribution in [0, 0.1) is 5.41 Å². The lowest BCUT2D eigenvalue weighted by molar-refractivity contribution is 0.364. The number of hydrogen-bond donors (Lipinski definition) is 1. The lowest BCUT2D eigenvalue weighted by atomic mass is 9.90. The molecular formula is C13H21ClN2. The first-order chi connectivity index (χ1) is 7.47. The summed E-state index contributed by atoms with van der Waals surface area (Å²) in [6, 6.07) is 4.01. The summed E-state index contributed by atoms with van der Waals surface area (Å²) < 4.78 is 0. The van der Waals surface area contributed by atoms with Gasteiger partial charge >= 0.3 is 0 Å². The van der Waals surface area contributed by atoms with E-state index in [9.17, 15) is 0 Å². The van der Waals surface area contributed by atoms with Crippen LogP contribution in [0.2, 0.25) is 0 Å². The van der Waals surface area contributed by atoms with E-state index in [2.05, 4.69) is 37.1 Å². The Labute approximate surface area is 103 Å². The van der Waals surface area contributed by atoms with Crippen molar-refractivity contribution in [1.29, 1.82) is 0 Å². The van der Waals surface area contributed by atoms with Crippen molar-refractivity contribution < 1.29 is 0 Å². The molecule has 1 heterocycles. The molecule has 1 aromatic heterocycles. The number of aromatic nitrogens is 1. The minimum atomic E-state index is 0.191. The lowest BCUT2D eigenvalue weighted by Crippen LogP contribution is -2.26. The zero-order chi connectivity index (χ0) is 12.0. The average Bonchev–Trinajstić information content (AvgIpc) is 2.16. The van der Waals surface area contributed by atoms with Gasteiger partial charge in [0, 0.05) is 30.9 Å². The minimum absolute atomic E-state index is 0.191. The molecule has 0 spiro atoms. The fraction of sp³-hybridized carbons (Fsp3) is 0.615. The van der Waals surface area contributed by atoms with E-state index in [1.54, 1.807) is 6.20 Å². The first kappa shape index (κ1) is 13.5. The molecule has 0 saturated carbocycles. The summed E-state index contributed by atoms with van der Waals surface area (Å²) >= 11 is 6.25. The molecule has 0 bridgehead atoms. The Kier molecular flexibility index (Phi) is 5.23. The Balaban J connectivity index is 2.21. The number of pyridine rings is 1. The van der Waals surface area contributed by atoms with Gasteiger partial charge in [0.15, 0.2) is 0 Å². The second-order valence-corrected chi connectivity index (χ2v) is 5.97. The van der Waals surface area contributed by atoms with E-state index in [1.807, 2.05) is 12.3 Å². The second-order valence-electron chi connectivity index (χ2n) is 5.35. The summed E-state index contributed by atoms with van der Waals surface area (Å²) in [6.45, 7) is 8.31. The predicted octanol–water partition coefficient (Wildman–Crippen LogP) is 3.21. The van der Waals surface area contributed by atoms with Crippen LogP contribution in [0.4, 0.5) is 0 Å². The number of halogens is 1. The van der Waals surface area contributed by atoms with Crippen molar-refractivity contribution in [1.82, 2.24) is 10.3 Å². The van der Waals surface area contributed by atoms with Gasteiger partial charge in [0.2, 0.25) is 0 Å². The molecule has 0 aliphatic heterocycles. The van der Waals surface area contributed by atoms with Gasteiger partial charge < -0.3 is 5.32 Å². The summed E-state index contributed by atoms with van der Waals surface area (Å²) in [5, 5.41) is 3.54. The smallest absolute Gasteiger partial charge is 0.0465 e. The Morgan fingerprint density at radius 3 is 2.75 bits per heavy atom. The molecule has 16 heavy (non-hydrogen) atoms. The highest BCUT2D eigenvalue weighted by Gasteiger charge is 2.16. The SMILES string of the molecule is CC(C)(C)CC(Cl)CNCc1cccnc1. The molecule has 2 nitrogen and oxygen atoms in total. The van der Waals surface area contributed by atoms with Gasteiger partial charge in [0.05, 0.1) is 0 Å². The first-order valence-corrected chi connectivity index (χ1v) is 6.15. The molecule has 1 atom stereocenters. The van der Waals surface area contributed by atoms with E-state index in [4.69, 9.17) is 11.6 Å². The van der Waals surface area contributed by atoms with E-state index in [0.29, 0.717) is 5.41 Å². The second kappa shape index (κ2) is 6.21. The van der Waals surface area contributed by atoms with Crippen molar-refractivity contribution in [3.63, 3.8) is 0 Å². The third-order valence-corrected chi connectivity index (χ3v) is 2.56. The normalized spacial score (nSPS) is 13.8. The number of nitrogens with zero attached hydrogens (tertiary/aromatic N) is 1. The zero-order valence-electron chi connectivity index (χ0n) is 10.3. The summed E-state index contributed by atoms with van der Waals surface area (Å²) in [5.74, 6) is 0. The highest BCUT2D eigenvalue weighted by atomic mass is 35.5. The molecule has 90 valence electrons. The molecule has 3 heteroatoms. The van der Waals surface area contributed by atoms with E-state index >= 15 is 0 Å². The van der Waals surface area contributed by atoms with Gasteiger partial charge in [-0.15, -0.1) is 11.6 Å². The van der Waals surface area contributed by atoms with Crippen LogP contribution in [0.1, 0.15) is 32.8 Å². The molecule has 0 saturated heterocycles. The monoisotopic (exact) mass is 240 g/mol. The molecule has 0 radical (unpaired) electrons. The lowest BCUT2D eigenvalue weighted by Gasteiger charge is -2.22. The van der Waals surface area contributed by atoms with Gasteiger partial charge in [-0.1, -0.05) is 26.8 Å². The number of alkyl halides is 1. The van der Waals surface area contributed by atoms with E-state index in [1.165, 1.54) is 5.56 Å². The van der Waals surface area contributed by atoms with Crippen LogP contribution in [0.3, 0.4) is 0 Å². The van der Waals surface area contributed by atoms with Crippen molar-refractivity contribution in [3.8, 4) is 0 Å². The van der Waals surface area contributed by atoms with Crippen molar-refractivity contribution in [2.24, 2.45) is 5.41 Å². The molecule has 0 aliphatic rings. The van der Waals surface area contributed by atoms with Gasteiger partial charge in [-0.2, -0.15) is 0 Å². The first-order valence-electron chi connectivity index (χ1n) is 5.71. The molecular weight excluding hydrogens is 220 g/mol. The Morgan fingerprint density at radius 2 is 2.19 bits per heavy atom. The minimum Gasteiger partial charge on any atom is -0.311 e. The average molecular weight is 241 g/mol. The Bertz CT molecular complexity index is 293. The maximum atomic E-state index is 6.25. The third kappa shape index (κ3) is 6.09. The maximum absolute atomic E-state index is 6.25. The largest absolute Gasteiger partial charge is 0.311 e. The third-order valence-electron chi connectivity index (χ3n) is 2.25. The van der Waals surface area contributed by atoms with E-state index < -0.39 is 0 Å². The molecule has 0 fully saturated rings. The fourth-order valence-corrected chi connectivity index (χ4v) is 2.18. The van der Waals surface area contributed by atoms with Crippen LogP contribution in [-0.2, 0) is 6.54 Å². The standard InChI is InChI=1S/C13H21ClN2/c1-13(2,3)7-12(14)10-16-9-11-5-4-6-15-8-11/h4-6,8,12,16H,7,9-10H2,1-3H3. The quantitative estimate of drug-likeness (QED) is 0.800. The van der Waals surface area contributed by atoms with Crippen LogP contribution in [0.15, 0.2) is 24.5 Å². The Hall–Kier alpha value is -0.600. The van der Waals surface area contributed by atoms with Gasteiger partial charge in [0.1, 0.15) is 0 Å². The van der Waals surface area contributed by atoms with Crippen LogP contribution in [0.25, 0.3) is 0 Å². The molecule has 1 rings (SSSR count). The van der Waals surface area contributed by atoms with Crippen LogP contribution >= 0.6 is 11.6 Å². The van der Waals surface area contributed by atoms with Crippen molar-refractivity contribution in [2.45, 2.75) is 39.1 Å². The van der Waals surface area contributed by atoms with E-state index in [-0.39, 0.29) is 5.38 Å². The fourth-order valence-electron chi connectivity index (χ4n) is 1.61. The van der Waals surface area contributed by atoms with Gasteiger partial charge in [-0.25, -0.2) is 0 Å². The van der Waals surface area contributed by atoms with Gasteiger partial charge in [-0.3, -0.25) is 4.98 Å². The highest BCUT2D eigenvalue weighted by Crippen LogP contribution is 2.23. The van der Waals surface area contributed by atoms with Crippen LogP contribution < -0.4 is 5.32 Å². The number of nitrogens with one attached hydrogen (secondary N) is 1. The molecule has 0 aromatic carbocycles. The number of rotatable bonds is 5. The maximum Gasteiger partial charge on any atom is 0.0465 e. The van der Waals surface area contributed by atoms with Crippen molar-refractivity contribution in [2.75, 3.05) is 6.54 Å². The molecule has 0 aliphatic carbocycles. The van der Waals surface area contributed by atoms with Gasteiger partial charge in [-0.05, 0) is 23.5 Å².